The number of hydrogen-bond acceptors (Lipinski definition) is 6. The molecule has 0 spiro atoms. The number of hydrogen-bond donors (Lipinski definition) is 2. The molecule has 1 saturated heterocycles. The van der Waals surface area contributed by atoms with E-state index in [1.165, 1.54) is 25.7 Å². The summed E-state index contributed by atoms with van der Waals surface area (Å²) in [6.45, 7) is 2.67. The van der Waals surface area contributed by atoms with Crippen molar-refractivity contribution < 1.29 is 19.4 Å². The van der Waals surface area contributed by atoms with Crippen molar-refractivity contribution in [3.05, 3.63) is 23.8 Å². The monoisotopic (exact) mass is 459 g/mol. The summed E-state index contributed by atoms with van der Waals surface area (Å²) in [6, 6.07) is 6.50. The average molecular weight is 460 g/mol. The number of fused-ring (bicyclic) bond motifs is 1. The lowest BCUT2D eigenvalue weighted by Gasteiger charge is -2.46. The molecule has 0 unspecified atom stereocenters. The topological polar surface area (TPSA) is 74.3 Å². The molecule has 3 aliphatic rings. The minimum absolute atomic E-state index is 0.0745. The van der Waals surface area contributed by atoms with E-state index in [0.29, 0.717) is 37.6 Å². The van der Waals surface area contributed by atoms with E-state index in [4.69, 9.17) is 9.47 Å². The largest absolute Gasteiger partial charge is 0.497 e. The predicted molar refractivity (Wildman–Crippen MR) is 129 cm³/mol. The zero-order valence-corrected chi connectivity index (χ0v) is 20.3. The van der Waals surface area contributed by atoms with Gasteiger partial charge in [0.2, 0.25) is 5.91 Å². The third-order valence-corrected chi connectivity index (χ3v) is 7.70. The maximum atomic E-state index is 14.1. The summed E-state index contributed by atoms with van der Waals surface area (Å²) in [6.07, 6.45) is 9.55. The average Bonchev–Trinajstić information content (AvgIpc) is 3.70. The lowest BCUT2D eigenvalue weighted by Crippen LogP contribution is -2.59. The summed E-state index contributed by atoms with van der Waals surface area (Å²) in [4.78, 5) is 18.7. The van der Waals surface area contributed by atoms with Gasteiger partial charge in [-0.05, 0) is 50.5 Å². The van der Waals surface area contributed by atoms with Gasteiger partial charge in [0.1, 0.15) is 17.5 Å². The molecular weight excluding hydrogens is 418 g/mol. The number of carbonyl (C=O) groups is 1. The van der Waals surface area contributed by atoms with E-state index in [-0.39, 0.29) is 18.6 Å². The Balaban J connectivity index is 1.57. The molecule has 7 nitrogen and oxygen atoms in total. The SMILES string of the molecule is COc1ccc(CN(C2CC2)[C@H](CNCCO)C(=O)N2CCC[C@H]3CCCC[C@@H]32)c(OC)c1. The second kappa shape index (κ2) is 11.5. The number of amides is 1. The summed E-state index contributed by atoms with van der Waals surface area (Å²) in [5.74, 6) is 2.48. The van der Waals surface area contributed by atoms with Gasteiger partial charge in [0.05, 0.1) is 20.8 Å². The molecule has 3 fully saturated rings. The first kappa shape index (κ1) is 24.3. The highest BCUT2D eigenvalue weighted by Gasteiger charge is 2.43. The number of nitrogens with zero attached hydrogens (tertiary/aromatic N) is 2. The van der Waals surface area contributed by atoms with Crippen molar-refractivity contribution in [2.24, 2.45) is 5.92 Å². The van der Waals surface area contributed by atoms with E-state index < -0.39 is 0 Å². The van der Waals surface area contributed by atoms with Gasteiger partial charge in [-0.25, -0.2) is 0 Å². The van der Waals surface area contributed by atoms with Crippen molar-refractivity contribution in [2.45, 2.75) is 76.0 Å². The van der Waals surface area contributed by atoms with Gasteiger partial charge in [-0.1, -0.05) is 18.9 Å². The van der Waals surface area contributed by atoms with Crippen LogP contribution in [0, 0.1) is 5.92 Å². The van der Waals surface area contributed by atoms with Crippen molar-refractivity contribution in [2.75, 3.05) is 40.5 Å². The third kappa shape index (κ3) is 5.81. The summed E-state index contributed by atoms with van der Waals surface area (Å²) in [7, 11) is 3.34. The highest BCUT2D eigenvalue weighted by Crippen LogP contribution is 2.38. The van der Waals surface area contributed by atoms with Crippen LogP contribution < -0.4 is 14.8 Å². The molecule has 4 rings (SSSR count). The van der Waals surface area contributed by atoms with Crippen LogP contribution in [0.25, 0.3) is 0 Å². The number of likely N-dealkylation sites (tertiary alicyclic amines) is 1. The van der Waals surface area contributed by atoms with Crippen LogP contribution in [0.15, 0.2) is 18.2 Å². The number of methoxy groups -OCH3 is 2. The molecule has 3 atom stereocenters. The normalized spacial score (nSPS) is 23.8. The van der Waals surface area contributed by atoms with Gasteiger partial charge in [-0.3, -0.25) is 9.69 Å². The van der Waals surface area contributed by atoms with Crippen LogP contribution in [0.5, 0.6) is 11.5 Å². The van der Waals surface area contributed by atoms with Crippen molar-refractivity contribution in [3.63, 3.8) is 0 Å². The Morgan fingerprint density at radius 1 is 1.15 bits per heavy atom. The van der Waals surface area contributed by atoms with Crippen LogP contribution in [-0.2, 0) is 11.3 Å². The first-order valence-corrected chi connectivity index (χ1v) is 12.7. The van der Waals surface area contributed by atoms with Crippen LogP contribution in [0.1, 0.15) is 56.9 Å². The molecule has 1 heterocycles. The van der Waals surface area contributed by atoms with Crippen LogP contribution in [0.2, 0.25) is 0 Å². The number of aliphatic hydroxyl groups excluding tert-OH is 1. The fraction of sp³-hybridized carbons (Fsp3) is 0.731. The van der Waals surface area contributed by atoms with Crippen LogP contribution in [-0.4, -0.2) is 79.4 Å². The first-order chi connectivity index (χ1) is 16.2. The highest BCUT2D eigenvalue weighted by molar-refractivity contribution is 5.83. The molecule has 2 aliphatic carbocycles. The number of rotatable bonds is 11. The molecule has 1 aromatic rings. The summed E-state index contributed by atoms with van der Waals surface area (Å²) >= 11 is 0. The Morgan fingerprint density at radius 3 is 2.67 bits per heavy atom. The lowest BCUT2D eigenvalue weighted by molar-refractivity contribution is -0.144. The molecule has 0 radical (unpaired) electrons. The van der Waals surface area contributed by atoms with Gasteiger partial charge in [-0.15, -0.1) is 0 Å². The molecule has 2 saturated carbocycles. The lowest BCUT2D eigenvalue weighted by atomic mass is 9.78. The quantitative estimate of drug-likeness (QED) is 0.496. The standard InChI is InChI=1S/C26H41N3O4/c1-32-22-12-9-20(25(16-22)33-2)18-29(21-10-11-21)24(17-27-13-15-30)26(31)28-14-5-7-19-6-3-4-8-23(19)28/h9,12,16,19,21,23-24,27,30H,3-8,10-11,13-15,17-18H2,1-2H3/t19-,23+,24-/m1/s1. The zero-order valence-electron chi connectivity index (χ0n) is 20.3. The highest BCUT2D eigenvalue weighted by atomic mass is 16.5. The Morgan fingerprint density at radius 2 is 1.94 bits per heavy atom. The van der Waals surface area contributed by atoms with Gasteiger partial charge >= 0.3 is 0 Å². The summed E-state index contributed by atoms with van der Waals surface area (Å²) < 4.78 is 11.0. The minimum atomic E-state index is -0.239. The molecule has 1 aromatic carbocycles. The van der Waals surface area contributed by atoms with Gasteiger partial charge in [0.15, 0.2) is 0 Å². The number of nitrogens with one attached hydrogen (secondary N) is 1. The fourth-order valence-corrected chi connectivity index (χ4v) is 5.83. The fourth-order valence-electron chi connectivity index (χ4n) is 5.83. The van der Waals surface area contributed by atoms with Gasteiger partial charge in [0.25, 0.3) is 0 Å². The maximum Gasteiger partial charge on any atom is 0.241 e. The van der Waals surface area contributed by atoms with Gasteiger partial charge in [0, 0.05) is 49.9 Å². The zero-order chi connectivity index (χ0) is 23.2. The second-order valence-electron chi connectivity index (χ2n) is 9.81. The molecule has 7 heteroatoms. The molecule has 0 aromatic heterocycles. The Bertz CT molecular complexity index is 783. The van der Waals surface area contributed by atoms with Crippen molar-refractivity contribution in [1.82, 2.24) is 15.1 Å². The van der Waals surface area contributed by atoms with Crippen molar-refractivity contribution >= 4 is 5.91 Å². The number of benzene rings is 1. The van der Waals surface area contributed by atoms with Crippen LogP contribution in [0.3, 0.4) is 0 Å². The number of carbonyl (C=O) groups excluding carboxylic acids is 1. The Kier molecular flexibility index (Phi) is 8.50. The number of aliphatic hydroxyl groups is 1. The number of ether oxygens (including phenoxy) is 2. The molecular formula is C26H41N3O4. The van der Waals surface area contributed by atoms with E-state index in [1.54, 1.807) is 14.2 Å². The van der Waals surface area contributed by atoms with E-state index in [0.717, 1.165) is 49.3 Å². The van der Waals surface area contributed by atoms with Crippen LogP contribution in [0.4, 0.5) is 0 Å². The molecule has 1 aliphatic heterocycles. The van der Waals surface area contributed by atoms with E-state index >= 15 is 0 Å². The summed E-state index contributed by atoms with van der Waals surface area (Å²) in [5.41, 5.74) is 1.07. The van der Waals surface area contributed by atoms with E-state index in [1.807, 2.05) is 18.2 Å². The summed E-state index contributed by atoms with van der Waals surface area (Å²) in [5, 5.41) is 12.7. The van der Waals surface area contributed by atoms with Crippen molar-refractivity contribution in [1.29, 1.82) is 0 Å². The third-order valence-electron chi connectivity index (χ3n) is 7.70. The number of piperidine rings is 1. The molecule has 2 N–H and O–H groups in total. The minimum Gasteiger partial charge on any atom is -0.497 e. The smallest absolute Gasteiger partial charge is 0.241 e. The van der Waals surface area contributed by atoms with E-state index in [9.17, 15) is 9.90 Å². The molecule has 33 heavy (non-hydrogen) atoms. The van der Waals surface area contributed by atoms with Gasteiger partial charge in [-0.2, -0.15) is 0 Å². The maximum absolute atomic E-state index is 14.1. The molecule has 1 amide bonds. The Hall–Kier alpha value is -1.83. The molecule has 0 bridgehead atoms. The first-order valence-electron chi connectivity index (χ1n) is 12.7. The van der Waals surface area contributed by atoms with E-state index in [2.05, 4.69) is 15.1 Å². The van der Waals surface area contributed by atoms with Gasteiger partial charge < -0.3 is 24.8 Å². The van der Waals surface area contributed by atoms with Crippen LogP contribution >= 0.6 is 0 Å². The Labute approximate surface area is 198 Å². The van der Waals surface area contributed by atoms with Crippen molar-refractivity contribution in [3.8, 4) is 11.5 Å². The molecule has 184 valence electrons. The second-order valence-corrected chi connectivity index (χ2v) is 9.81. The predicted octanol–water partition coefficient (Wildman–Crippen LogP) is 2.80.